The van der Waals surface area contributed by atoms with Crippen molar-refractivity contribution in [1.29, 1.82) is 0 Å². The van der Waals surface area contributed by atoms with Crippen LogP contribution in [0.15, 0.2) is 38.9 Å². The standard InChI is InChI=1S/C13H15BrN4OS/c1-3-15-10-7-12(18-11(17-10)8-19-2)20-13-9(14)5-4-6-16-13/h4-7H,3,8H2,1-2H3,(H,15,17,18). The molecule has 0 fully saturated rings. The second-order valence-corrected chi connectivity index (χ2v) is 5.73. The maximum Gasteiger partial charge on any atom is 0.157 e. The van der Waals surface area contributed by atoms with Crippen molar-refractivity contribution in [1.82, 2.24) is 15.0 Å². The Morgan fingerprint density at radius 3 is 2.95 bits per heavy atom. The van der Waals surface area contributed by atoms with Gasteiger partial charge in [-0.05, 0) is 46.7 Å². The van der Waals surface area contributed by atoms with E-state index in [2.05, 4.69) is 36.2 Å². The molecule has 5 nitrogen and oxygen atoms in total. The van der Waals surface area contributed by atoms with Crippen LogP contribution in [0.1, 0.15) is 12.7 Å². The second kappa shape index (κ2) is 7.56. The van der Waals surface area contributed by atoms with Gasteiger partial charge in [0, 0.05) is 25.9 Å². The fraction of sp³-hybridized carbons (Fsp3) is 0.308. The lowest BCUT2D eigenvalue weighted by Crippen LogP contribution is -2.05. The van der Waals surface area contributed by atoms with E-state index in [0.29, 0.717) is 12.4 Å². The molecular formula is C13H15BrN4OS. The largest absolute Gasteiger partial charge is 0.377 e. The van der Waals surface area contributed by atoms with Gasteiger partial charge in [0.2, 0.25) is 0 Å². The summed E-state index contributed by atoms with van der Waals surface area (Å²) in [6.07, 6.45) is 1.76. The van der Waals surface area contributed by atoms with E-state index >= 15 is 0 Å². The zero-order valence-electron chi connectivity index (χ0n) is 11.3. The number of anilines is 1. The lowest BCUT2D eigenvalue weighted by molar-refractivity contribution is 0.177. The first-order valence-corrected chi connectivity index (χ1v) is 7.73. The average Bonchev–Trinajstić information content (AvgIpc) is 2.42. The normalized spacial score (nSPS) is 10.6. The lowest BCUT2D eigenvalue weighted by Gasteiger charge is -2.08. The molecule has 0 bridgehead atoms. The highest BCUT2D eigenvalue weighted by Crippen LogP contribution is 2.31. The predicted molar refractivity (Wildman–Crippen MR) is 83.0 cm³/mol. The summed E-state index contributed by atoms with van der Waals surface area (Å²) in [5, 5.41) is 4.90. The van der Waals surface area contributed by atoms with Gasteiger partial charge in [-0.3, -0.25) is 0 Å². The van der Waals surface area contributed by atoms with E-state index in [-0.39, 0.29) is 0 Å². The molecule has 0 saturated heterocycles. The van der Waals surface area contributed by atoms with Gasteiger partial charge >= 0.3 is 0 Å². The van der Waals surface area contributed by atoms with Crippen molar-refractivity contribution in [2.45, 2.75) is 23.6 Å². The van der Waals surface area contributed by atoms with E-state index in [1.807, 2.05) is 25.1 Å². The molecule has 2 rings (SSSR count). The van der Waals surface area contributed by atoms with Crippen LogP contribution in [-0.2, 0) is 11.3 Å². The van der Waals surface area contributed by atoms with Crippen LogP contribution in [0.25, 0.3) is 0 Å². The van der Waals surface area contributed by atoms with E-state index < -0.39 is 0 Å². The Morgan fingerprint density at radius 2 is 2.25 bits per heavy atom. The molecule has 0 aliphatic carbocycles. The average molecular weight is 355 g/mol. The van der Waals surface area contributed by atoms with Crippen molar-refractivity contribution in [2.24, 2.45) is 0 Å². The van der Waals surface area contributed by atoms with E-state index in [4.69, 9.17) is 4.74 Å². The number of nitrogens with one attached hydrogen (secondary N) is 1. The fourth-order valence-electron chi connectivity index (χ4n) is 1.54. The minimum atomic E-state index is 0.385. The number of rotatable bonds is 6. The van der Waals surface area contributed by atoms with Crippen LogP contribution in [0.3, 0.4) is 0 Å². The lowest BCUT2D eigenvalue weighted by atomic mass is 10.5. The number of methoxy groups -OCH3 is 1. The molecule has 0 unspecified atom stereocenters. The van der Waals surface area contributed by atoms with Gasteiger partial charge in [-0.2, -0.15) is 0 Å². The number of pyridine rings is 1. The molecule has 20 heavy (non-hydrogen) atoms. The molecule has 2 heterocycles. The van der Waals surface area contributed by atoms with E-state index in [1.54, 1.807) is 13.3 Å². The third kappa shape index (κ3) is 4.16. The number of hydrogen-bond donors (Lipinski definition) is 1. The molecule has 0 saturated carbocycles. The van der Waals surface area contributed by atoms with Crippen molar-refractivity contribution >= 4 is 33.5 Å². The molecule has 106 valence electrons. The summed E-state index contributed by atoms with van der Waals surface area (Å²) in [6, 6.07) is 5.75. The van der Waals surface area contributed by atoms with Crippen molar-refractivity contribution in [2.75, 3.05) is 19.0 Å². The minimum absolute atomic E-state index is 0.385. The number of hydrogen-bond acceptors (Lipinski definition) is 6. The highest BCUT2D eigenvalue weighted by molar-refractivity contribution is 9.10. The molecule has 0 atom stereocenters. The van der Waals surface area contributed by atoms with Gasteiger partial charge in [-0.1, -0.05) is 0 Å². The summed E-state index contributed by atoms with van der Waals surface area (Å²) in [4.78, 5) is 13.2. The molecule has 0 amide bonds. The molecule has 2 aromatic rings. The Labute approximate surface area is 130 Å². The van der Waals surface area contributed by atoms with Crippen LogP contribution in [0.5, 0.6) is 0 Å². The summed E-state index contributed by atoms with van der Waals surface area (Å²) in [6.45, 7) is 3.22. The Morgan fingerprint density at radius 1 is 1.40 bits per heavy atom. The molecule has 7 heteroatoms. The summed E-state index contributed by atoms with van der Waals surface area (Å²) in [7, 11) is 1.63. The monoisotopic (exact) mass is 354 g/mol. The van der Waals surface area contributed by atoms with Crippen LogP contribution in [0, 0.1) is 0 Å². The van der Waals surface area contributed by atoms with E-state index in [9.17, 15) is 0 Å². The molecule has 0 radical (unpaired) electrons. The topological polar surface area (TPSA) is 59.9 Å². The minimum Gasteiger partial charge on any atom is -0.377 e. The number of nitrogens with zero attached hydrogens (tertiary/aromatic N) is 3. The van der Waals surface area contributed by atoms with E-state index in [0.717, 1.165) is 26.9 Å². The van der Waals surface area contributed by atoms with Gasteiger partial charge < -0.3 is 10.1 Å². The Hall–Kier alpha value is -1.18. The SMILES string of the molecule is CCNc1cc(Sc2ncccc2Br)nc(COC)n1. The van der Waals surface area contributed by atoms with Gasteiger partial charge in [-0.15, -0.1) is 0 Å². The van der Waals surface area contributed by atoms with E-state index in [1.165, 1.54) is 11.8 Å². The van der Waals surface area contributed by atoms with Gasteiger partial charge in [0.25, 0.3) is 0 Å². The Bertz CT molecular complexity index is 558. The third-order valence-electron chi connectivity index (χ3n) is 2.31. The molecular weight excluding hydrogens is 340 g/mol. The second-order valence-electron chi connectivity index (χ2n) is 3.86. The highest BCUT2D eigenvalue weighted by Gasteiger charge is 2.08. The number of aromatic nitrogens is 3. The van der Waals surface area contributed by atoms with Crippen molar-refractivity contribution < 1.29 is 4.74 Å². The Balaban J connectivity index is 2.28. The van der Waals surface area contributed by atoms with Crippen LogP contribution in [-0.4, -0.2) is 28.6 Å². The molecule has 0 aliphatic rings. The van der Waals surface area contributed by atoms with Crippen LogP contribution in [0.2, 0.25) is 0 Å². The molecule has 2 aromatic heterocycles. The van der Waals surface area contributed by atoms with Crippen LogP contribution < -0.4 is 5.32 Å². The summed E-state index contributed by atoms with van der Waals surface area (Å²) in [5.41, 5.74) is 0. The van der Waals surface area contributed by atoms with Crippen molar-refractivity contribution in [3.05, 3.63) is 34.7 Å². The van der Waals surface area contributed by atoms with Crippen molar-refractivity contribution in [3.63, 3.8) is 0 Å². The summed E-state index contributed by atoms with van der Waals surface area (Å²) in [5.74, 6) is 1.45. The zero-order chi connectivity index (χ0) is 14.4. The third-order valence-corrected chi connectivity index (χ3v) is 4.15. The first-order chi connectivity index (χ1) is 9.72. The van der Waals surface area contributed by atoms with Crippen LogP contribution in [0.4, 0.5) is 5.82 Å². The summed E-state index contributed by atoms with van der Waals surface area (Å²) >= 11 is 4.97. The fourth-order valence-corrected chi connectivity index (χ4v) is 2.83. The van der Waals surface area contributed by atoms with Gasteiger partial charge in [-0.25, -0.2) is 15.0 Å². The van der Waals surface area contributed by atoms with Gasteiger partial charge in [0.05, 0.1) is 4.47 Å². The first-order valence-electron chi connectivity index (χ1n) is 6.12. The Kier molecular flexibility index (Phi) is 5.75. The van der Waals surface area contributed by atoms with Crippen LogP contribution >= 0.6 is 27.7 Å². The van der Waals surface area contributed by atoms with Gasteiger partial charge in [0.1, 0.15) is 22.5 Å². The molecule has 0 aromatic carbocycles. The van der Waals surface area contributed by atoms with Crippen molar-refractivity contribution in [3.8, 4) is 0 Å². The number of ether oxygens (including phenoxy) is 1. The highest BCUT2D eigenvalue weighted by atomic mass is 79.9. The molecule has 0 aliphatic heterocycles. The number of halogens is 1. The summed E-state index contributed by atoms with van der Waals surface area (Å²) < 4.78 is 6.05. The quantitative estimate of drug-likeness (QED) is 0.802. The molecule has 1 N–H and O–H groups in total. The maximum absolute atomic E-state index is 5.10. The maximum atomic E-state index is 5.10. The smallest absolute Gasteiger partial charge is 0.157 e. The van der Waals surface area contributed by atoms with Gasteiger partial charge in [0.15, 0.2) is 5.82 Å². The zero-order valence-corrected chi connectivity index (χ0v) is 13.7. The molecule has 0 spiro atoms. The first kappa shape index (κ1) is 15.2. The predicted octanol–water partition coefficient (Wildman–Crippen LogP) is 3.36.